The van der Waals surface area contributed by atoms with E-state index in [4.69, 9.17) is 16.3 Å². The smallest absolute Gasteiger partial charge is 0.224 e. The summed E-state index contributed by atoms with van der Waals surface area (Å²) in [5.41, 5.74) is 1.39. The molecule has 1 aliphatic carbocycles. The number of nitrogens with one attached hydrogen (secondary N) is 1. The summed E-state index contributed by atoms with van der Waals surface area (Å²) in [5.74, 6) is 0.693. The SMILES string of the molecule is O=C(CC1NCCC1C1=CC=CC(Cl)C1)N1CCOCC1. The highest BCUT2D eigenvalue weighted by atomic mass is 35.5. The molecular formula is C16H23ClN2O2. The third-order valence-electron chi connectivity index (χ3n) is 4.64. The Morgan fingerprint density at radius 2 is 2.24 bits per heavy atom. The van der Waals surface area contributed by atoms with Gasteiger partial charge in [-0.15, -0.1) is 11.6 Å². The van der Waals surface area contributed by atoms with Gasteiger partial charge in [0.1, 0.15) is 0 Å². The molecule has 0 spiro atoms. The molecule has 3 rings (SSSR count). The minimum Gasteiger partial charge on any atom is -0.378 e. The van der Waals surface area contributed by atoms with Gasteiger partial charge in [-0.2, -0.15) is 0 Å². The standard InChI is InChI=1S/C16H23ClN2O2/c17-13-3-1-2-12(10-13)14-4-5-18-15(14)11-16(20)19-6-8-21-9-7-19/h1-3,13-15,18H,4-11H2. The zero-order valence-electron chi connectivity index (χ0n) is 12.3. The predicted molar refractivity (Wildman–Crippen MR) is 83.4 cm³/mol. The molecule has 1 amide bonds. The number of rotatable bonds is 3. The molecule has 2 saturated heterocycles. The molecule has 0 aromatic rings. The summed E-state index contributed by atoms with van der Waals surface area (Å²) in [4.78, 5) is 14.3. The van der Waals surface area contributed by atoms with Gasteiger partial charge < -0.3 is 15.0 Å². The van der Waals surface area contributed by atoms with Crippen LogP contribution in [0.15, 0.2) is 23.8 Å². The summed E-state index contributed by atoms with van der Waals surface area (Å²) in [5, 5.41) is 3.60. The largest absolute Gasteiger partial charge is 0.378 e. The first kappa shape index (κ1) is 15.1. The molecule has 116 valence electrons. The third-order valence-corrected chi connectivity index (χ3v) is 4.94. The van der Waals surface area contributed by atoms with Gasteiger partial charge in [0.25, 0.3) is 0 Å². The Kier molecular flexibility index (Phi) is 4.99. The monoisotopic (exact) mass is 310 g/mol. The molecule has 1 N–H and O–H groups in total. The molecule has 0 bridgehead atoms. The molecule has 0 aromatic heterocycles. The first-order chi connectivity index (χ1) is 10.2. The summed E-state index contributed by atoms with van der Waals surface area (Å²) < 4.78 is 5.31. The Balaban J connectivity index is 1.60. The van der Waals surface area contributed by atoms with Gasteiger partial charge in [-0.25, -0.2) is 0 Å². The van der Waals surface area contributed by atoms with E-state index >= 15 is 0 Å². The van der Waals surface area contributed by atoms with Crippen LogP contribution in [0.4, 0.5) is 0 Å². The lowest BCUT2D eigenvalue weighted by atomic mass is 9.85. The van der Waals surface area contributed by atoms with Crippen LogP contribution >= 0.6 is 11.6 Å². The number of allylic oxidation sites excluding steroid dienone is 3. The highest BCUT2D eigenvalue weighted by Gasteiger charge is 2.33. The quantitative estimate of drug-likeness (QED) is 0.807. The zero-order chi connectivity index (χ0) is 14.7. The maximum atomic E-state index is 12.4. The van der Waals surface area contributed by atoms with Crippen LogP contribution in [0, 0.1) is 5.92 Å². The number of carbonyl (C=O) groups excluding carboxylic acids is 1. The molecule has 0 radical (unpaired) electrons. The van der Waals surface area contributed by atoms with Gasteiger partial charge in [0.15, 0.2) is 0 Å². The van der Waals surface area contributed by atoms with Gasteiger partial charge in [-0.05, 0) is 25.3 Å². The Labute approximate surface area is 131 Å². The highest BCUT2D eigenvalue weighted by Crippen LogP contribution is 2.32. The lowest BCUT2D eigenvalue weighted by molar-refractivity contribution is -0.135. The lowest BCUT2D eigenvalue weighted by Crippen LogP contribution is -2.44. The highest BCUT2D eigenvalue weighted by molar-refractivity contribution is 6.22. The van der Waals surface area contributed by atoms with E-state index in [1.165, 1.54) is 5.57 Å². The summed E-state index contributed by atoms with van der Waals surface area (Å²) in [6, 6.07) is 0.252. The summed E-state index contributed by atoms with van der Waals surface area (Å²) in [6.07, 6.45) is 8.86. The van der Waals surface area contributed by atoms with Gasteiger partial charge in [0, 0.05) is 25.6 Å². The van der Waals surface area contributed by atoms with E-state index in [1.807, 2.05) is 11.0 Å². The van der Waals surface area contributed by atoms with Crippen molar-refractivity contribution in [3.05, 3.63) is 23.8 Å². The second kappa shape index (κ2) is 6.95. The molecule has 2 heterocycles. The predicted octanol–water partition coefficient (Wildman–Crippen LogP) is 1.71. The molecule has 0 saturated carbocycles. The van der Waals surface area contributed by atoms with Crippen LogP contribution in [-0.4, -0.2) is 55.1 Å². The second-order valence-electron chi connectivity index (χ2n) is 6.00. The van der Waals surface area contributed by atoms with Crippen LogP contribution in [-0.2, 0) is 9.53 Å². The Morgan fingerprint density at radius 1 is 1.43 bits per heavy atom. The number of hydrogen-bond donors (Lipinski definition) is 1. The van der Waals surface area contributed by atoms with Crippen LogP contribution in [0.1, 0.15) is 19.3 Å². The van der Waals surface area contributed by atoms with E-state index in [0.29, 0.717) is 25.6 Å². The van der Waals surface area contributed by atoms with Crippen molar-refractivity contribution in [2.75, 3.05) is 32.8 Å². The van der Waals surface area contributed by atoms with E-state index in [1.54, 1.807) is 0 Å². The molecule has 3 atom stereocenters. The summed E-state index contributed by atoms with van der Waals surface area (Å²) >= 11 is 6.23. The number of carbonyl (C=O) groups is 1. The van der Waals surface area contributed by atoms with Gasteiger partial charge in [-0.3, -0.25) is 4.79 Å². The van der Waals surface area contributed by atoms with E-state index in [0.717, 1.165) is 32.5 Å². The minimum absolute atomic E-state index is 0.0983. The summed E-state index contributed by atoms with van der Waals surface area (Å²) in [6.45, 7) is 3.77. The van der Waals surface area contributed by atoms with Crippen molar-refractivity contribution in [2.45, 2.75) is 30.7 Å². The van der Waals surface area contributed by atoms with Gasteiger partial charge in [0.2, 0.25) is 5.91 Å². The number of hydrogen-bond acceptors (Lipinski definition) is 3. The van der Waals surface area contributed by atoms with Crippen LogP contribution in [0.5, 0.6) is 0 Å². The first-order valence-electron chi connectivity index (χ1n) is 7.84. The van der Waals surface area contributed by atoms with E-state index < -0.39 is 0 Å². The molecule has 3 aliphatic rings. The fraction of sp³-hybridized carbons (Fsp3) is 0.688. The summed E-state index contributed by atoms with van der Waals surface area (Å²) in [7, 11) is 0. The molecule has 3 unspecified atom stereocenters. The van der Waals surface area contributed by atoms with E-state index in [2.05, 4.69) is 17.5 Å². The van der Waals surface area contributed by atoms with Crippen molar-refractivity contribution in [3.8, 4) is 0 Å². The maximum absolute atomic E-state index is 12.4. The average Bonchev–Trinajstić information content (AvgIpc) is 2.96. The number of morpholine rings is 1. The average molecular weight is 311 g/mol. The minimum atomic E-state index is 0.0983. The van der Waals surface area contributed by atoms with Gasteiger partial charge in [-0.1, -0.05) is 23.8 Å². The first-order valence-corrected chi connectivity index (χ1v) is 8.28. The Hall–Kier alpha value is -0.840. The maximum Gasteiger partial charge on any atom is 0.224 e. The topological polar surface area (TPSA) is 41.6 Å². The number of halogens is 1. The number of amides is 1. The van der Waals surface area contributed by atoms with Crippen LogP contribution in [0.3, 0.4) is 0 Å². The molecule has 2 fully saturated rings. The van der Waals surface area contributed by atoms with Gasteiger partial charge in [0.05, 0.1) is 18.6 Å². The zero-order valence-corrected chi connectivity index (χ0v) is 13.0. The van der Waals surface area contributed by atoms with Crippen molar-refractivity contribution >= 4 is 17.5 Å². The molecule has 4 nitrogen and oxygen atoms in total. The molecule has 5 heteroatoms. The number of ether oxygens (including phenoxy) is 1. The Morgan fingerprint density at radius 3 is 3.00 bits per heavy atom. The van der Waals surface area contributed by atoms with Gasteiger partial charge >= 0.3 is 0 Å². The third kappa shape index (κ3) is 3.68. The molecule has 2 aliphatic heterocycles. The van der Waals surface area contributed by atoms with Crippen LogP contribution < -0.4 is 5.32 Å². The van der Waals surface area contributed by atoms with Crippen molar-refractivity contribution in [3.63, 3.8) is 0 Å². The fourth-order valence-corrected chi connectivity index (χ4v) is 3.75. The van der Waals surface area contributed by atoms with Crippen molar-refractivity contribution in [1.29, 1.82) is 0 Å². The normalized spacial score (nSPS) is 33.1. The Bertz CT molecular complexity index is 444. The molecule has 21 heavy (non-hydrogen) atoms. The van der Waals surface area contributed by atoms with E-state index in [9.17, 15) is 4.79 Å². The number of nitrogens with zero attached hydrogens (tertiary/aromatic N) is 1. The van der Waals surface area contributed by atoms with E-state index in [-0.39, 0.29) is 17.3 Å². The van der Waals surface area contributed by atoms with Crippen LogP contribution in [0.2, 0.25) is 0 Å². The number of alkyl halides is 1. The molecule has 0 aromatic carbocycles. The molecular weight excluding hydrogens is 288 g/mol. The van der Waals surface area contributed by atoms with Crippen molar-refractivity contribution in [1.82, 2.24) is 10.2 Å². The van der Waals surface area contributed by atoms with Crippen LogP contribution in [0.25, 0.3) is 0 Å². The lowest BCUT2D eigenvalue weighted by Gasteiger charge is -2.30. The second-order valence-corrected chi connectivity index (χ2v) is 6.56. The fourth-order valence-electron chi connectivity index (χ4n) is 3.49. The van der Waals surface area contributed by atoms with Crippen molar-refractivity contribution in [2.24, 2.45) is 5.92 Å². The van der Waals surface area contributed by atoms with Crippen molar-refractivity contribution < 1.29 is 9.53 Å².